The quantitative estimate of drug-likeness (QED) is 0.847. The van der Waals surface area contributed by atoms with Gasteiger partial charge in [-0.1, -0.05) is 46.9 Å². The molecule has 1 heterocycles. The summed E-state index contributed by atoms with van der Waals surface area (Å²) in [7, 11) is 0. The minimum absolute atomic E-state index is 0.0801. The van der Waals surface area contributed by atoms with Crippen LogP contribution in [0.25, 0.3) is 11.1 Å². The molecule has 1 unspecified atom stereocenters. The normalized spacial score (nSPS) is 16.9. The summed E-state index contributed by atoms with van der Waals surface area (Å²) in [6, 6.07) is 9.12. The topological polar surface area (TPSA) is 47.3 Å². The van der Waals surface area contributed by atoms with Crippen molar-refractivity contribution in [2.24, 2.45) is 5.73 Å². The summed E-state index contributed by atoms with van der Waals surface area (Å²) in [5.74, 6) is 0.713. The van der Waals surface area contributed by atoms with E-state index in [4.69, 9.17) is 45.3 Å². The molecular weight excluding hydrogens is 331 g/mol. The second-order valence-corrected chi connectivity index (χ2v) is 6.03. The maximum atomic E-state index is 6.31. The molecular formula is C15H13Cl3N2O. The summed E-state index contributed by atoms with van der Waals surface area (Å²) in [5.41, 5.74) is 8.13. The highest BCUT2D eigenvalue weighted by Crippen LogP contribution is 2.45. The van der Waals surface area contributed by atoms with Crippen LogP contribution in [0.15, 0.2) is 30.3 Å². The molecule has 6 heteroatoms. The van der Waals surface area contributed by atoms with Crippen LogP contribution in [0.5, 0.6) is 5.75 Å². The Labute approximate surface area is 137 Å². The van der Waals surface area contributed by atoms with Crippen LogP contribution in [0.3, 0.4) is 0 Å². The summed E-state index contributed by atoms with van der Waals surface area (Å²) in [6.07, 6.45) is -0.0801. The first-order chi connectivity index (χ1) is 10.1. The smallest absolute Gasteiger partial charge is 0.150 e. The van der Waals surface area contributed by atoms with Crippen LogP contribution in [-0.4, -0.2) is 19.2 Å². The predicted molar refractivity (Wildman–Crippen MR) is 88.9 cm³/mol. The van der Waals surface area contributed by atoms with E-state index in [0.717, 1.165) is 11.3 Å². The van der Waals surface area contributed by atoms with Crippen molar-refractivity contribution < 1.29 is 4.74 Å². The standard InChI is InChI=1S/C15H13Cl3N2O/c16-8-4-11(17)14(12(18)5-8)10-2-1-3-13-15(10)21-9(6-19)7-20-13/h1-5,9,20H,6-7,19H2. The maximum Gasteiger partial charge on any atom is 0.150 e. The zero-order valence-corrected chi connectivity index (χ0v) is 13.3. The van der Waals surface area contributed by atoms with Gasteiger partial charge in [0.2, 0.25) is 0 Å². The lowest BCUT2D eigenvalue weighted by Crippen LogP contribution is -2.37. The molecule has 3 nitrogen and oxygen atoms in total. The molecule has 0 spiro atoms. The van der Waals surface area contributed by atoms with Gasteiger partial charge in [0.25, 0.3) is 0 Å². The third-order valence-corrected chi connectivity index (χ3v) is 4.17. The molecule has 0 saturated carbocycles. The first-order valence-electron chi connectivity index (χ1n) is 6.48. The van der Waals surface area contributed by atoms with Gasteiger partial charge >= 0.3 is 0 Å². The lowest BCUT2D eigenvalue weighted by atomic mass is 10.0. The molecule has 0 aromatic heterocycles. The van der Waals surface area contributed by atoms with E-state index >= 15 is 0 Å². The molecule has 0 aliphatic carbocycles. The second kappa shape index (κ2) is 5.93. The van der Waals surface area contributed by atoms with Gasteiger partial charge in [0.05, 0.1) is 22.3 Å². The molecule has 0 saturated heterocycles. The minimum atomic E-state index is -0.0801. The zero-order chi connectivity index (χ0) is 15.0. The number of fused-ring (bicyclic) bond motifs is 1. The third kappa shape index (κ3) is 2.79. The van der Waals surface area contributed by atoms with Crippen molar-refractivity contribution in [3.05, 3.63) is 45.4 Å². The molecule has 0 fully saturated rings. The molecule has 1 aliphatic heterocycles. The number of nitrogens with one attached hydrogen (secondary N) is 1. The fourth-order valence-corrected chi connectivity index (χ4v) is 3.38. The van der Waals surface area contributed by atoms with Crippen LogP contribution < -0.4 is 15.8 Å². The number of hydrogen-bond donors (Lipinski definition) is 2. The van der Waals surface area contributed by atoms with E-state index in [-0.39, 0.29) is 6.10 Å². The van der Waals surface area contributed by atoms with Crippen molar-refractivity contribution in [1.29, 1.82) is 0 Å². The van der Waals surface area contributed by atoms with Crippen LogP contribution in [0.1, 0.15) is 0 Å². The highest BCUT2D eigenvalue weighted by atomic mass is 35.5. The van der Waals surface area contributed by atoms with E-state index in [1.165, 1.54) is 0 Å². The Balaban J connectivity index is 2.17. The number of ether oxygens (including phenoxy) is 1. The van der Waals surface area contributed by atoms with E-state index in [2.05, 4.69) is 5.32 Å². The van der Waals surface area contributed by atoms with Crippen molar-refractivity contribution in [2.45, 2.75) is 6.10 Å². The van der Waals surface area contributed by atoms with Crippen LogP contribution >= 0.6 is 34.8 Å². The van der Waals surface area contributed by atoms with Gasteiger partial charge in [-0.05, 0) is 18.2 Å². The van der Waals surface area contributed by atoms with Crippen LogP contribution in [-0.2, 0) is 0 Å². The van der Waals surface area contributed by atoms with Gasteiger partial charge < -0.3 is 15.8 Å². The van der Waals surface area contributed by atoms with Gasteiger partial charge in [0, 0.05) is 22.7 Å². The second-order valence-electron chi connectivity index (χ2n) is 4.78. The van der Waals surface area contributed by atoms with Crippen molar-refractivity contribution in [3.8, 4) is 16.9 Å². The van der Waals surface area contributed by atoms with Gasteiger partial charge in [-0.2, -0.15) is 0 Å². The molecule has 0 amide bonds. The third-order valence-electron chi connectivity index (χ3n) is 3.36. The van der Waals surface area contributed by atoms with E-state index < -0.39 is 0 Å². The van der Waals surface area contributed by atoms with Crippen LogP contribution in [0.4, 0.5) is 5.69 Å². The first kappa shape index (κ1) is 14.8. The van der Waals surface area contributed by atoms with Gasteiger partial charge in [-0.3, -0.25) is 0 Å². The van der Waals surface area contributed by atoms with Crippen molar-refractivity contribution in [2.75, 3.05) is 18.4 Å². The van der Waals surface area contributed by atoms with Crippen LogP contribution in [0, 0.1) is 0 Å². The predicted octanol–water partition coefficient (Wildman–Crippen LogP) is 4.45. The summed E-state index contributed by atoms with van der Waals surface area (Å²) < 4.78 is 5.97. The molecule has 1 aliphatic rings. The zero-order valence-electron chi connectivity index (χ0n) is 11.0. The van der Waals surface area contributed by atoms with E-state index in [1.54, 1.807) is 12.1 Å². The minimum Gasteiger partial charge on any atom is -0.484 e. The molecule has 2 aromatic carbocycles. The number of hydrogen-bond acceptors (Lipinski definition) is 3. The molecule has 1 atom stereocenters. The van der Waals surface area contributed by atoms with Crippen molar-refractivity contribution >= 4 is 40.5 Å². The first-order valence-corrected chi connectivity index (χ1v) is 7.62. The molecule has 3 N–H and O–H groups in total. The van der Waals surface area contributed by atoms with E-state index in [9.17, 15) is 0 Å². The molecule has 21 heavy (non-hydrogen) atoms. The molecule has 2 aromatic rings. The van der Waals surface area contributed by atoms with E-state index in [1.807, 2.05) is 18.2 Å². The van der Waals surface area contributed by atoms with Gasteiger partial charge in [0.15, 0.2) is 5.75 Å². The highest BCUT2D eigenvalue weighted by Gasteiger charge is 2.23. The van der Waals surface area contributed by atoms with Gasteiger partial charge in [-0.25, -0.2) is 0 Å². The SMILES string of the molecule is NCC1CNc2cccc(-c3c(Cl)cc(Cl)cc3Cl)c2O1. The Morgan fingerprint density at radius 1 is 1.19 bits per heavy atom. The molecule has 0 bridgehead atoms. The number of nitrogens with two attached hydrogens (primary N) is 1. The number of rotatable bonds is 2. The monoisotopic (exact) mass is 342 g/mol. The summed E-state index contributed by atoms with van der Waals surface area (Å²) in [6.45, 7) is 1.11. The van der Waals surface area contributed by atoms with Gasteiger partial charge in [0.1, 0.15) is 6.10 Å². The fourth-order valence-electron chi connectivity index (χ4n) is 2.36. The Morgan fingerprint density at radius 2 is 1.90 bits per heavy atom. The Kier molecular flexibility index (Phi) is 4.18. The highest BCUT2D eigenvalue weighted by molar-refractivity contribution is 6.42. The van der Waals surface area contributed by atoms with E-state index in [0.29, 0.717) is 39.5 Å². The average molecular weight is 344 g/mol. The fraction of sp³-hybridized carbons (Fsp3) is 0.200. The molecule has 3 rings (SSSR count). The maximum absolute atomic E-state index is 6.31. The van der Waals surface area contributed by atoms with Crippen molar-refractivity contribution in [3.63, 3.8) is 0 Å². The number of benzene rings is 2. The Morgan fingerprint density at radius 3 is 2.57 bits per heavy atom. The largest absolute Gasteiger partial charge is 0.484 e. The molecule has 110 valence electrons. The van der Waals surface area contributed by atoms with Crippen LogP contribution in [0.2, 0.25) is 15.1 Å². The lowest BCUT2D eigenvalue weighted by molar-refractivity contribution is 0.215. The number of anilines is 1. The Bertz CT molecular complexity index is 668. The lowest BCUT2D eigenvalue weighted by Gasteiger charge is -2.28. The summed E-state index contributed by atoms with van der Waals surface area (Å²) in [5, 5.41) is 4.78. The molecule has 0 radical (unpaired) electrons. The number of para-hydroxylation sites is 1. The summed E-state index contributed by atoms with van der Waals surface area (Å²) >= 11 is 18.6. The average Bonchev–Trinajstić information content (AvgIpc) is 2.46. The van der Waals surface area contributed by atoms with Crippen molar-refractivity contribution in [1.82, 2.24) is 0 Å². The Hall–Kier alpha value is -1.13. The number of halogens is 3. The summed E-state index contributed by atoms with van der Waals surface area (Å²) in [4.78, 5) is 0. The van der Waals surface area contributed by atoms with Gasteiger partial charge in [-0.15, -0.1) is 0 Å².